The van der Waals surface area contributed by atoms with Crippen molar-refractivity contribution >= 4 is 5.96 Å². The third-order valence-corrected chi connectivity index (χ3v) is 4.75. The van der Waals surface area contributed by atoms with E-state index in [1.54, 1.807) is 19.2 Å². The predicted octanol–water partition coefficient (Wildman–Crippen LogP) is 3.83. The summed E-state index contributed by atoms with van der Waals surface area (Å²) in [4.78, 5) is 4.28. The van der Waals surface area contributed by atoms with Crippen LogP contribution in [0.15, 0.2) is 53.5 Å². The van der Waals surface area contributed by atoms with Crippen molar-refractivity contribution in [3.8, 4) is 11.5 Å². The number of hydrogen-bond donors (Lipinski definition) is 2. The van der Waals surface area contributed by atoms with E-state index in [9.17, 15) is 4.39 Å². The van der Waals surface area contributed by atoms with Crippen LogP contribution in [0.3, 0.4) is 0 Å². The average Bonchev–Trinajstić information content (AvgIpc) is 2.96. The number of nitrogens with one attached hydrogen (secondary N) is 2. The van der Waals surface area contributed by atoms with Crippen LogP contribution in [0.1, 0.15) is 22.5 Å². The van der Waals surface area contributed by atoms with Crippen LogP contribution in [-0.4, -0.2) is 22.8 Å². The fourth-order valence-corrected chi connectivity index (χ4v) is 2.97. The Kier molecular flexibility index (Phi) is 6.49. The first-order chi connectivity index (χ1) is 14.0. The van der Waals surface area contributed by atoms with Gasteiger partial charge in [-0.2, -0.15) is 5.10 Å². The SMILES string of the molecule is CN=C(NCc1ccc(Oc2ccc(F)cc2)cc1)NCc1c(C)nn(C)c1C. The first kappa shape index (κ1) is 20.4. The van der Waals surface area contributed by atoms with E-state index in [1.807, 2.05) is 42.9 Å². The molecule has 2 N–H and O–H groups in total. The molecule has 0 atom stereocenters. The smallest absolute Gasteiger partial charge is 0.191 e. The minimum atomic E-state index is -0.283. The van der Waals surface area contributed by atoms with Gasteiger partial charge in [-0.05, 0) is 55.8 Å². The quantitative estimate of drug-likeness (QED) is 0.492. The van der Waals surface area contributed by atoms with Gasteiger partial charge in [-0.15, -0.1) is 0 Å². The molecule has 6 nitrogen and oxygen atoms in total. The zero-order valence-corrected chi connectivity index (χ0v) is 17.2. The maximum absolute atomic E-state index is 13.0. The molecule has 0 bridgehead atoms. The van der Waals surface area contributed by atoms with E-state index in [4.69, 9.17) is 4.74 Å². The number of aliphatic imine (C=N–C) groups is 1. The van der Waals surface area contributed by atoms with Gasteiger partial charge in [-0.25, -0.2) is 4.39 Å². The highest BCUT2D eigenvalue weighted by molar-refractivity contribution is 5.79. The number of aromatic nitrogens is 2. The Labute approximate surface area is 170 Å². The fraction of sp³-hybridized carbons (Fsp3) is 0.273. The molecule has 0 aliphatic heterocycles. The summed E-state index contributed by atoms with van der Waals surface area (Å²) in [6.07, 6.45) is 0. The molecule has 3 rings (SSSR count). The number of rotatable bonds is 6. The Balaban J connectivity index is 1.52. The van der Waals surface area contributed by atoms with E-state index >= 15 is 0 Å². The predicted molar refractivity (Wildman–Crippen MR) is 113 cm³/mol. The Morgan fingerprint density at radius 1 is 1.00 bits per heavy atom. The number of nitrogens with zero attached hydrogens (tertiary/aromatic N) is 3. The van der Waals surface area contributed by atoms with Crippen molar-refractivity contribution in [2.75, 3.05) is 7.05 Å². The second-order valence-corrected chi connectivity index (χ2v) is 6.75. The number of ether oxygens (including phenoxy) is 1. The summed E-state index contributed by atoms with van der Waals surface area (Å²) in [6.45, 7) is 5.36. The third-order valence-electron chi connectivity index (χ3n) is 4.75. The van der Waals surface area contributed by atoms with Gasteiger partial charge in [0.1, 0.15) is 17.3 Å². The monoisotopic (exact) mass is 395 g/mol. The first-order valence-electron chi connectivity index (χ1n) is 9.42. The molecule has 1 aromatic heterocycles. The standard InChI is InChI=1S/C22H26FN5O/c1-15-21(16(2)28(4)27-15)14-26-22(24-3)25-13-17-5-9-19(10-6-17)29-20-11-7-18(23)8-12-20/h5-12H,13-14H2,1-4H3,(H2,24,25,26). The normalized spacial score (nSPS) is 11.4. The molecule has 29 heavy (non-hydrogen) atoms. The Bertz CT molecular complexity index is 978. The van der Waals surface area contributed by atoms with E-state index in [2.05, 4.69) is 27.6 Å². The van der Waals surface area contributed by atoms with Gasteiger partial charge < -0.3 is 15.4 Å². The molecule has 3 aromatic rings. The van der Waals surface area contributed by atoms with Gasteiger partial charge in [0.05, 0.1) is 5.69 Å². The van der Waals surface area contributed by atoms with Gasteiger partial charge in [0.15, 0.2) is 5.96 Å². The number of aryl methyl sites for hydroxylation is 2. The molecule has 0 fully saturated rings. The molecule has 0 aliphatic rings. The van der Waals surface area contributed by atoms with Crippen molar-refractivity contribution in [3.63, 3.8) is 0 Å². The van der Waals surface area contributed by atoms with Crippen molar-refractivity contribution in [3.05, 3.63) is 76.9 Å². The van der Waals surface area contributed by atoms with Crippen LogP contribution < -0.4 is 15.4 Å². The summed E-state index contributed by atoms with van der Waals surface area (Å²) in [5.74, 6) is 1.74. The Morgan fingerprint density at radius 2 is 1.59 bits per heavy atom. The van der Waals surface area contributed by atoms with Crippen LogP contribution in [0.5, 0.6) is 11.5 Å². The largest absolute Gasteiger partial charge is 0.457 e. The van der Waals surface area contributed by atoms with Gasteiger partial charge in [-0.3, -0.25) is 9.67 Å². The van der Waals surface area contributed by atoms with Crippen molar-refractivity contribution in [1.29, 1.82) is 0 Å². The van der Waals surface area contributed by atoms with Crippen LogP contribution in [0.4, 0.5) is 4.39 Å². The summed E-state index contributed by atoms with van der Waals surface area (Å²) in [5.41, 5.74) is 4.43. The molecule has 7 heteroatoms. The maximum Gasteiger partial charge on any atom is 0.191 e. The van der Waals surface area contributed by atoms with E-state index in [0.717, 1.165) is 22.9 Å². The first-order valence-corrected chi connectivity index (χ1v) is 9.42. The summed E-state index contributed by atoms with van der Waals surface area (Å²) in [7, 11) is 3.69. The third kappa shape index (κ3) is 5.34. The number of benzene rings is 2. The van der Waals surface area contributed by atoms with Crippen molar-refractivity contribution in [1.82, 2.24) is 20.4 Å². The maximum atomic E-state index is 13.0. The lowest BCUT2D eigenvalue weighted by atomic mass is 10.2. The molecule has 0 saturated heterocycles. The van der Waals surface area contributed by atoms with Gasteiger partial charge in [-0.1, -0.05) is 12.1 Å². The highest BCUT2D eigenvalue weighted by Gasteiger charge is 2.09. The summed E-state index contributed by atoms with van der Waals surface area (Å²) in [5, 5.41) is 11.1. The van der Waals surface area contributed by atoms with E-state index in [1.165, 1.54) is 17.7 Å². The summed E-state index contributed by atoms with van der Waals surface area (Å²) in [6, 6.07) is 13.7. The summed E-state index contributed by atoms with van der Waals surface area (Å²) >= 11 is 0. The average molecular weight is 395 g/mol. The van der Waals surface area contributed by atoms with Gasteiger partial charge in [0.25, 0.3) is 0 Å². The van der Waals surface area contributed by atoms with Gasteiger partial charge >= 0.3 is 0 Å². The second-order valence-electron chi connectivity index (χ2n) is 6.75. The van der Waals surface area contributed by atoms with Gasteiger partial charge in [0.2, 0.25) is 0 Å². The molecule has 152 valence electrons. The number of halogens is 1. The van der Waals surface area contributed by atoms with Crippen LogP contribution in [-0.2, 0) is 20.1 Å². The molecular formula is C22H26FN5O. The van der Waals surface area contributed by atoms with E-state index in [-0.39, 0.29) is 5.82 Å². The van der Waals surface area contributed by atoms with Gasteiger partial charge in [0, 0.05) is 38.4 Å². The topological polar surface area (TPSA) is 63.5 Å². The highest BCUT2D eigenvalue weighted by Crippen LogP contribution is 2.21. The highest BCUT2D eigenvalue weighted by atomic mass is 19.1. The molecule has 1 heterocycles. The molecule has 0 radical (unpaired) electrons. The van der Waals surface area contributed by atoms with Crippen LogP contribution in [0, 0.1) is 19.7 Å². The minimum Gasteiger partial charge on any atom is -0.457 e. The number of guanidine groups is 1. The zero-order chi connectivity index (χ0) is 20.8. The number of hydrogen-bond acceptors (Lipinski definition) is 3. The Morgan fingerprint density at radius 3 is 2.14 bits per heavy atom. The Hall–Kier alpha value is -3.35. The molecule has 2 aromatic carbocycles. The van der Waals surface area contributed by atoms with Crippen LogP contribution in [0.2, 0.25) is 0 Å². The van der Waals surface area contributed by atoms with Crippen molar-refractivity contribution < 1.29 is 9.13 Å². The molecule has 0 saturated carbocycles. The molecule has 0 amide bonds. The lowest BCUT2D eigenvalue weighted by Crippen LogP contribution is -2.36. The fourth-order valence-electron chi connectivity index (χ4n) is 2.97. The van der Waals surface area contributed by atoms with E-state index < -0.39 is 0 Å². The molecule has 0 aliphatic carbocycles. The van der Waals surface area contributed by atoms with E-state index in [0.29, 0.717) is 24.6 Å². The molecule has 0 unspecified atom stereocenters. The van der Waals surface area contributed by atoms with Crippen LogP contribution in [0.25, 0.3) is 0 Å². The lowest BCUT2D eigenvalue weighted by Gasteiger charge is -2.13. The second kappa shape index (κ2) is 9.23. The molecule has 0 spiro atoms. The molecular weight excluding hydrogens is 369 g/mol. The summed E-state index contributed by atoms with van der Waals surface area (Å²) < 4.78 is 20.6. The van der Waals surface area contributed by atoms with Crippen LogP contribution >= 0.6 is 0 Å². The lowest BCUT2D eigenvalue weighted by molar-refractivity contribution is 0.480. The minimum absolute atomic E-state index is 0.283. The zero-order valence-electron chi connectivity index (χ0n) is 17.2. The van der Waals surface area contributed by atoms with Crippen molar-refractivity contribution in [2.24, 2.45) is 12.0 Å². The van der Waals surface area contributed by atoms with Crippen molar-refractivity contribution in [2.45, 2.75) is 26.9 Å².